The highest BCUT2D eigenvalue weighted by Gasteiger charge is 2.30. The SMILES string of the molecule is CN(C(=O)CCC1CCNCC1)C1CCC(C)(C)CC1.Cl. The van der Waals surface area contributed by atoms with Crippen molar-refractivity contribution >= 4 is 18.3 Å². The fourth-order valence-corrected chi connectivity index (χ4v) is 3.65. The summed E-state index contributed by atoms with van der Waals surface area (Å²) in [4.78, 5) is 14.4. The minimum absolute atomic E-state index is 0. The van der Waals surface area contributed by atoms with Crippen LogP contribution in [-0.2, 0) is 4.79 Å². The Kier molecular flexibility index (Phi) is 7.49. The van der Waals surface area contributed by atoms with Crippen molar-refractivity contribution in [2.45, 2.75) is 71.3 Å². The minimum atomic E-state index is 0. The first-order chi connectivity index (χ1) is 9.48. The predicted octanol–water partition coefficient (Wildman–Crippen LogP) is 3.62. The molecule has 21 heavy (non-hydrogen) atoms. The molecular formula is C17H33ClN2O. The molecule has 1 heterocycles. The van der Waals surface area contributed by atoms with E-state index >= 15 is 0 Å². The topological polar surface area (TPSA) is 32.3 Å². The maximum Gasteiger partial charge on any atom is 0.222 e. The van der Waals surface area contributed by atoms with Crippen LogP contribution in [0.3, 0.4) is 0 Å². The van der Waals surface area contributed by atoms with Crippen LogP contribution < -0.4 is 5.32 Å². The van der Waals surface area contributed by atoms with Gasteiger partial charge in [0.1, 0.15) is 0 Å². The number of amides is 1. The summed E-state index contributed by atoms with van der Waals surface area (Å²) in [6, 6.07) is 0.489. The van der Waals surface area contributed by atoms with Crippen molar-refractivity contribution in [2.24, 2.45) is 11.3 Å². The van der Waals surface area contributed by atoms with Crippen LogP contribution in [0.25, 0.3) is 0 Å². The van der Waals surface area contributed by atoms with Gasteiger partial charge in [0.2, 0.25) is 5.91 Å². The fraction of sp³-hybridized carbons (Fsp3) is 0.941. The van der Waals surface area contributed by atoms with Gasteiger partial charge in [0.25, 0.3) is 0 Å². The molecule has 0 aromatic carbocycles. The summed E-state index contributed by atoms with van der Waals surface area (Å²) in [5.41, 5.74) is 0.482. The number of halogens is 1. The zero-order valence-corrected chi connectivity index (χ0v) is 14.8. The van der Waals surface area contributed by atoms with Gasteiger partial charge in [-0.15, -0.1) is 12.4 Å². The Morgan fingerprint density at radius 2 is 1.71 bits per heavy atom. The van der Waals surface area contributed by atoms with Crippen LogP contribution >= 0.6 is 12.4 Å². The Labute approximate surface area is 136 Å². The molecule has 0 spiro atoms. The molecule has 1 N–H and O–H groups in total. The van der Waals surface area contributed by atoms with E-state index in [0.717, 1.165) is 31.8 Å². The molecule has 0 atom stereocenters. The van der Waals surface area contributed by atoms with Crippen molar-refractivity contribution in [2.75, 3.05) is 20.1 Å². The molecule has 1 aliphatic heterocycles. The van der Waals surface area contributed by atoms with E-state index in [1.807, 2.05) is 7.05 Å². The van der Waals surface area contributed by atoms with E-state index in [0.29, 0.717) is 17.4 Å². The average molecular weight is 317 g/mol. The number of hydrogen-bond donors (Lipinski definition) is 1. The van der Waals surface area contributed by atoms with Gasteiger partial charge >= 0.3 is 0 Å². The van der Waals surface area contributed by atoms with Gasteiger partial charge in [-0.25, -0.2) is 0 Å². The standard InChI is InChI=1S/C17H32N2O.ClH/c1-17(2)10-6-15(7-11-17)19(3)16(20)5-4-14-8-12-18-13-9-14;/h14-15,18H,4-13H2,1-3H3;1H. The monoisotopic (exact) mass is 316 g/mol. The molecule has 0 aromatic rings. The van der Waals surface area contributed by atoms with Gasteiger partial charge in [0.15, 0.2) is 0 Å². The van der Waals surface area contributed by atoms with Crippen molar-refractivity contribution in [1.82, 2.24) is 10.2 Å². The first-order valence-electron chi connectivity index (χ1n) is 8.44. The summed E-state index contributed by atoms with van der Waals surface area (Å²) in [6.45, 7) is 6.96. The Bertz CT molecular complexity index is 317. The molecule has 1 saturated heterocycles. The zero-order valence-electron chi connectivity index (χ0n) is 14.0. The highest BCUT2D eigenvalue weighted by molar-refractivity contribution is 5.85. The smallest absolute Gasteiger partial charge is 0.222 e. The van der Waals surface area contributed by atoms with Crippen LogP contribution in [0.2, 0.25) is 0 Å². The molecule has 1 aliphatic carbocycles. The van der Waals surface area contributed by atoms with Gasteiger partial charge in [-0.3, -0.25) is 4.79 Å². The molecule has 0 radical (unpaired) electrons. The fourth-order valence-electron chi connectivity index (χ4n) is 3.65. The Morgan fingerprint density at radius 3 is 2.29 bits per heavy atom. The molecule has 0 aromatic heterocycles. The Hall–Kier alpha value is -0.280. The van der Waals surface area contributed by atoms with E-state index < -0.39 is 0 Å². The summed E-state index contributed by atoms with van der Waals surface area (Å²) in [5, 5.41) is 3.39. The van der Waals surface area contributed by atoms with Gasteiger partial charge in [-0.2, -0.15) is 0 Å². The summed E-state index contributed by atoms with van der Waals surface area (Å²) < 4.78 is 0. The molecule has 4 heteroatoms. The Morgan fingerprint density at radius 1 is 1.14 bits per heavy atom. The minimum Gasteiger partial charge on any atom is -0.343 e. The van der Waals surface area contributed by atoms with Gasteiger partial charge in [0, 0.05) is 19.5 Å². The third kappa shape index (κ3) is 5.78. The highest BCUT2D eigenvalue weighted by atomic mass is 35.5. The van der Waals surface area contributed by atoms with Crippen molar-refractivity contribution in [3.05, 3.63) is 0 Å². The number of nitrogens with zero attached hydrogens (tertiary/aromatic N) is 1. The lowest BCUT2D eigenvalue weighted by Gasteiger charge is -2.38. The molecule has 0 unspecified atom stereocenters. The molecule has 2 fully saturated rings. The average Bonchev–Trinajstić information content (AvgIpc) is 2.45. The lowest BCUT2D eigenvalue weighted by Crippen LogP contribution is -2.41. The summed E-state index contributed by atoms with van der Waals surface area (Å²) in [7, 11) is 2.02. The van der Waals surface area contributed by atoms with Crippen LogP contribution in [0.5, 0.6) is 0 Å². The van der Waals surface area contributed by atoms with Crippen LogP contribution in [0.1, 0.15) is 65.2 Å². The van der Waals surface area contributed by atoms with Crippen molar-refractivity contribution in [3.63, 3.8) is 0 Å². The van der Waals surface area contributed by atoms with E-state index in [1.54, 1.807) is 0 Å². The molecule has 2 aliphatic rings. The van der Waals surface area contributed by atoms with Crippen molar-refractivity contribution in [1.29, 1.82) is 0 Å². The second kappa shape index (κ2) is 8.38. The quantitative estimate of drug-likeness (QED) is 0.859. The predicted molar refractivity (Wildman–Crippen MR) is 90.9 cm³/mol. The number of hydrogen-bond acceptors (Lipinski definition) is 2. The molecular weight excluding hydrogens is 284 g/mol. The van der Waals surface area contributed by atoms with E-state index in [1.165, 1.54) is 38.5 Å². The maximum absolute atomic E-state index is 12.4. The molecule has 1 saturated carbocycles. The number of piperidine rings is 1. The zero-order chi connectivity index (χ0) is 14.6. The van der Waals surface area contributed by atoms with E-state index in [9.17, 15) is 4.79 Å². The molecule has 0 bridgehead atoms. The van der Waals surface area contributed by atoms with E-state index in [2.05, 4.69) is 24.1 Å². The largest absolute Gasteiger partial charge is 0.343 e. The van der Waals surface area contributed by atoms with Gasteiger partial charge < -0.3 is 10.2 Å². The molecule has 1 amide bonds. The van der Waals surface area contributed by atoms with Crippen LogP contribution in [-0.4, -0.2) is 37.0 Å². The lowest BCUT2D eigenvalue weighted by molar-refractivity contribution is -0.133. The Balaban J connectivity index is 0.00000220. The van der Waals surface area contributed by atoms with Crippen LogP contribution in [0.4, 0.5) is 0 Å². The number of nitrogens with one attached hydrogen (secondary N) is 1. The van der Waals surface area contributed by atoms with Crippen LogP contribution in [0, 0.1) is 11.3 Å². The molecule has 2 rings (SSSR count). The maximum atomic E-state index is 12.4. The van der Waals surface area contributed by atoms with Crippen molar-refractivity contribution < 1.29 is 4.79 Å². The van der Waals surface area contributed by atoms with Gasteiger partial charge in [0.05, 0.1) is 0 Å². The van der Waals surface area contributed by atoms with Gasteiger partial charge in [-0.1, -0.05) is 13.8 Å². The van der Waals surface area contributed by atoms with Gasteiger partial charge in [-0.05, 0) is 69.4 Å². The number of carbonyl (C=O) groups excluding carboxylic acids is 1. The first-order valence-corrected chi connectivity index (χ1v) is 8.44. The second-order valence-electron chi connectivity index (χ2n) is 7.63. The van der Waals surface area contributed by atoms with E-state index in [-0.39, 0.29) is 12.4 Å². The molecule has 124 valence electrons. The van der Waals surface area contributed by atoms with Crippen molar-refractivity contribution in [3.8, 4) is 0 Å². The summed E-state index contributed by atoms with van der Waals surface area (Å²) >= 11 is 0. The van der Waals surface area contributed by atoms with Crippen LogP contribution in [0.15, 0.2) is 0 Å². The first kappa shape index (κ1) is 18.8. The van der Waals surface area contributed by atoms with E-state index in [4.69, 9.17) is 0 Å². The third-order valence-electron chi connectivity index (χ3n) is 5.47. The summed E-state index contributed by atoms with van der Waals surface area (Å²) in [5.74, 6) is 1.13. The lowest BCUT2D eigenvalue weighted by atomic mass is 9.75. The normalized spacial score (nSPS) is 23.4. The summed E-state index contributed by atoms with van der Waals surface area (Å²) in [6.07, 6.45) is 9.20. The highest BCUT2D eigenvalue weighted by Crippen LogP contribution is 2.36. The second-order valence-corrected chi connectivity index (χ2v) is 7.63. The number of carbonyl (C=O) groups is 1. The number of rotatable bonds is 4. The molecule has 3 nitrogen and oxygen atoms in total. The third-order valence-corrected chi connectivity index (χ3v) is 5.47.